The molecule has 84 valence electrons. The van der Waals surface area contributed by atoms with Crippen molar-refractivity contribution < 1.29 is 0 Å². The van der Waals surface area contributed by atoms with Gasteiger partial charge in [-0.25, -0.2) is 0 Å². The molecular formula is C12H26N2. The predicted molar refractivity (Wildman–Crippen MR) is 62.6 cm³/mol. The molecule has 0 aromatic rings. The van der Waals surface area contributed by atoms with Gasteiger partial charge in [0.25, 0.3) is 0 Å². The zero-order valence-electron chi connectivity index (χ0n) is 10.3. The van der Waals surface area contributed by atoms with Gasteiger partial charge in [0, 0.05) is 18.6 Å². The number of nitrogens with one attached hydrogen (secondary N) is 1. The Morgan fingerprint density at radius 2 is 1.86 bits per heavy atom. The molecule has 1 aliphatic rings. The standard InChI is InChI=1S/C12H26N2/c1-12(2,10-13-3)14(4)9-11-7-5-6-8-11/h11,13H,5-10H2,1-4H3. The highest BCUT2D eigenvalue weighted by Crippen LogP contribution is 2.26. The van der Waals surface area contributed by atoms with Crippen LogP contribution in [-0.2, 0) is 0 Å². The summed E-state index contributed by atoms with van der Waals surface area (Å²) in [6.45, 7) is 6.97. The Labute approximate surface area is 89.1 Å². The Morgan fingerprint density at radius 3 is 2.36 bits per heavy atom. The van der Waals surface area contributed by atoms with Gasteiger partial charge >= 0.3 is 0 Å². The van der Waals surface area contributed by atoms with Crippen LogP contribution < -0.4 is 5.32 Å². The molecule has 14 heavy (non-hydrogen) atoms. The van der Waals surface area contributed by atoms with Gasteiger partial charge in [-0.05, 0) is 46.7 Å². The first-order valence-corrected chi connectivity index (χ1v) is 5.92. The quantitative estimate of drug-likeness (QED) is 0.728. The van der Waals surface area contributed by atoms with Gasteiger partial charge < -0.3 is 5.32 Å². The van der Waals surface area contributed by atoms with E-state index < -0.39 is 0 Å². The molecule has 1 rings (SSSR count). The molecule has 1 saturated carbocycles. The van der Waals surface area contributed by atoms with Gasteiger partial charge in [0.15, 0.2) is 0 Å². The average Bonchev–Trinajstić information content (AvgIpc) is 2.56. The smallest absolute Gasteiger partial charge is 0.0274 e. The monoisotopic (exact) mass is 198 g/mol. The minimum atomic E-state index is 0.289. The van der Waals surface area contributed by atoms with Crippen LogP contribution in [0.25, 0.3) is 0 Å². The number of nitrogens with zero attached hydrogens (tertiary/aromatic N) is 1. The molecule has 0 aromatic carbocycles. The number of likely N-dealkylation sites (N-methyl/N-ethyl adjacent to an activating group) is 2. The predicted octanol–water partition coefficient (Wildman–Crippen LogP) is 2.11. The first-order valence-electron chi connectivity index (χ1n) is 5.92. The van der Waals surface area contributed by atoms with Crippen LogP contribution in [0, 0.1) is 5.92 Å². The molecule has 0 radical (unpaired) electrons. The van der Waals surface area contributed by atoms with Crippen LogP contribution in [0.5, 0.6) is 0 Å². The van der Waals surface area contributed by atoms with E-state index in [1.807, 2.05) is 7.05 Å². The van der Waals surface area contributed by atoms with Crippen molar-refractivity contribution in [1.29, 1.82) is 0 Å². The Bertz CT molecular complexity index is 160. The maximum atomic E-state index is 3.27. The Kier molecular flexibility index (Phi) is 4.39. The lowest BCUT2D eigenvalue weighted by atomic mass is 10.00. The highest BCUT2D eigenvalue weighted by atomic mass is 15.2. The molecule has 0 aliphatic heterocycles. The van der Waals surface area contributed by atoms with Crippen LogP contribution in [0.1, 0.15) is 39.5 Å². The van der Waals surface area contributed by atoms with Crippen molar-refractivity contribution in [2.24, 2.45) is 5.92 Å². The zero-order chi connectivity index (χ0) is 10.6. The van der Waals surface area contributed by atoms with E-state index >= 15 is 0 Å². The van der Waals surface area contributed by atoms with E-state index in [1.54, 1.807) is 0 Å². The van der Waals surface area contributed by atoms with Crippen molar-refractivity contribution in [1.82, 2.24) is 10.2 Å². The van der Waals surface area contributed by atoms with Gasteiger partial charge in [-0.15, -0.1) is 0 Å². The third-order valence-electron chi connectivity index (χ3n) is 3.65. The topological polar surface area (TPSA) is 15.3 Å². The third-order valence-corrected chi connectivity index (χ3v) is 3.65. The van der Waals surface area contributed by atoms with Gasteiger partial charge in [-0.3, -0.25) is 4.90 Å². The Morgan fingerprint density at radius 1 is 1.29 bits per heavy atom. The zero-order valence-corrected chi connectivity index (χ0v) is 10.3. The molecule has 0 spiro atoms. The summed E-state index contributed by atoms with van der Waals surface area (Å²) in [4.78, 5) is 2.51. The number of hydrogen-bond acceptors (Lipinski definition) is 2. The van der Waals surface area contributed by atoms with Crippen molar-refractivity contribution >= 4 is 0 Å². The van der Waals surface area contributed by atoms with E-state index in [1.165, 1.54) is 32.2 Å². The normalized spacial score (nSPS) is 19.5. The van der Waals surface area contributed by atoms with E-state index in [2.05, 4.69) is 31.1 Å². The summed E-state index contributed by atoms with van der Waals surface area (Å²) in [5.41, 5.74) is 0.289. The van der Waals surface area contributed by atoms with E-state index in [0.29, 0.717) is 0 Å². The molecule has 0 heterocycles. The maximum Gasteiger partial charge on any atom is 0.0274 e. The second-order valence-electron chi connectivity index (χ2n) is 5.37. The van der Waals surface area contributed by atoms with E-state index in [9.17, 15) is 0 Å². The van der Waals surface area contributed by atoms with Crippen LogP contribution in [-0.4, -0.2) is 37.6 Å². The maximum absolute atomic E-state index is 3.27. The van der Waals surface area contributed by atoms with Gasteiger partial charge in [-0.1, -0.05) is 12.8 Å². The molecule has 0 bridgehead atoms. The molecule has 0 saturated heterocycles. The average molecular weight is 198 g/mol. The van der Waals surface area contributed by atoms with Crippen molar-refractivity contribution in [2.45, 2.75) is 45.1 Å². The fourth-order valence-corrected chi connectivity index (χ4v) is 2.39. The van der Waals surface area contributed by atoms with Gasteiger partial charge in [-0.2, -0.15) is 0 Å². The van der Waals surface area contributed by atoms with Crippen LogP contribution in [0.3, 0.4) is 0 Å². The summed E-state index contributed by atoms with van der Waals surface area (Å²) >= 11 is 0. The van der Waals surface area contributed by atoms with Crippen LogP contribution in [0.15, 0.2) is 0 Å². The molecule has 1 fully saturated rings. The second-order valence-corrected chi connectivity index (χ2v) is 5.37. The first-order chi connectivity index (χ1) is 6.56. The van der Waals surface area contributed by atoms with E-state index in [-0.39, 0.29) is 5.54 Å². The lowest BCUT2D eigenvalue weighted by Gasteiger charge is -2.37. The van der Waals surface area contributed by atoms with Gasteiger partial charge in [0.05, 0.1) is 0 Å². The van der Waals surface area contributed by atoms with E-state index in [0.717, 1.165) is 12.5 Å². The summed E-state index contributed by atoms with van der Waals surface area (Å²) in [6.07, 6.45) is 5.79. The molecular weight excluding hydrogens is 172 g/mol. The minimum Gasteiger partial charge on any atom is -0.318 e. The van der Waals surface area contributed by atoms with Crippen LogP contribution in [0.4, 0.5) is 0 Å². The molecule has 2 nitrogen and oxygen atoms in total. The number of hydrogen-bond donors (Lipinski definition) is 1. The Balaban J connectivity index is 2.35. The number of rotatable bonds is 5. The highest BCUT2D eigenvalue weighted by molar-refractivity contribution is 4.83. The van der Waals surface area contributed by atoms with Gasteiger partial charge in [0.2, 0.25) is 0 Å². The van der Waals surface area contributed by atoms with Crippen molar-refractivity contribution in [3.8, 4) is 0 Å². The lowest BCUT2D eigenvalue weighted by molar-refractivity contribution is 0.133. The largest absolute Gasteiger partial charge is 0.318 e. The molecule has 0 atom stereocenters. The fraction of sp³-hybridized carbons (Fsp3) is 1.00. The minimum absolute atomic E-state index is 0.289. The summed E-state index contributed by atoms with van der Waals surface area (Å²) in [6, 6.07) is 0. The second kappa shape index (κ2) is 5.13. The molecule has 0 unspecified atom stereocenters. The van der Waals surface area contributed by atoms with Crippen molar-refractivity contribution in [3.05, 3.63) is 0 Å². The molecule has 1 N–H and O–H groups in total. The SMILES string of the molecule is CNCC(C)(C)N(C)CC1CCCC1. The van der Waals surface area contributed by atoms with Crippen molar-refractivity contribution in [2.75, 3.05) is 27.2 Å². The van der Waals surface area contributed by atoms with E-state index in [4.69, 9.17) is 0 Å². The molecule has 0 aromatic heterocycles. The first kappa shape index (κ1) is 12.0. The summed E-state index contributed by atoms with van der Waals surface area (Å²) in [5, 5.41) is 3.27. The van der Waals surface area contributed by atoms with Gasteiger partial charge in [0.1, 0.15) is 0 Å². The summed E-state index contributed by atoms with van der Waals surface area (Å²) < 4.78 is 0. The third kappa shape index (κ3) is 3.25. The molecule has 2 heteroatoms. The summed E-state index contributed by atoms with van der Waals surface area (Å²) in [5.74, 6) is 0.955. The fourth-order valence-electron chi connectivity index (χ4n) is 2.39. The van der Waals surface area contributed by atoms with Crippen molar-refractivity contribution in [3.63, 3.8) is 0 Å². The van der Waals surface area contributed by atoms with Crippen LogP contribution >= 0.6 is 0 Å². The Hall–Kier alpha value is -0.0800. The summed E-state index contributed by atoms with van der Waals surface area (Å²) in [7, 11) is 4.29. The lowest BCUT2D eigenvalue weighted by Crippen LogP contribution is -2.49. The van der Waals surface area contributed by atoms with Crippen LogP contribution in [0.2, 0.25) is 0 Å². The molecule has 0 amide bonds. The molecule has 1 aliphatic carbocycles. The highest BCUT2D eigenvalue weighted by Gasteiger charge is 2.26.